The van der Waals surface area contributed by atoms with E-state index in [0.29, 0.717) is 17.2 Å². The molecule has 1 aromatic carbocycles. The van der Waals surface area contributed by atoms with Crippen molar-refractivity contribution in [3.63, 3.8) is 0 Å². The van der Waals surface area contributed by atoms with Crippen molar-refractivity contribution in [3.8, 4) is 10.4 Å². The van der Waals surface area contributed by atoms with Gasteiger partial charge in [-0.05, 0) is 44.2 Å². The zero-order chi connectivity index (χ0) is 23.5. The number of hydrogen-bond donors (Lipinski definition) is 1. The zero-order valence-electron chi connectivity index (χ0n) is 19.6. The number of carbonyl (C=O) groups is 1. The summed E-state index contributed by atoms with van der Waals surface area (Å²) in [6, 6.07) is 5.02. The van der Waals surface area contributed by atoms with E-state index in [1.165, 1.54) is 25.3 Å². The van der Waals surface area contributed by atoms with Crippen molar-refractivity contribution in [2.75, 3.05) is 11.1 Å². The van der Waals surface area contributed by atoms with E-state index in [-0.39, 0.29) is 16.8 Å². The maximum atomic E-state index is 13.4. The summed E-state index contributed by atoms with van der Waals surface area (Å²) in [7, 11) is -3.61. The predicted octanol–water partition coefficient (Wildman–Crippen LogP) is 6.63. The van der Waals surface area contributed by atoms with Gasteiger partial charge in [0.05, 0.1) is 26.6 Å². The van der Waals surface area contributed by atoms with Gasteiger partial charge in [0, 0.05) is 23.4 Å². The van der Waals surface area contributed by atoms with Crippen LogP contribution in [0.15, 0.2) is 29.3 Å². The predicted molar refractivity (Wildman–Crippen MR) is 130 cm³/mol. The minimum atomic E-state index is -3.61. The van der Waals surface area contributed by atoms with Crippen LogP contribution in [0.4, 0.5) is 10.5 Å². The average Bonchev–Trinajstić information content (AvgIpc) is 3.16. The second-order valence-electron chi connectivity index (χ2n) is 10.0. The van der Waals surface area contributed by atoms with Crippen molar-refractivity contribution in [1.82, 2.24) is 4.98 Å². The van der Waals surface area contributed by atoms with Crippen LogP contribution in [-0.2, 0) is 14.6 Å². The van der Waals surface area contributed by atoms with Crippen molar-refractivity contribution in [2.45, 2.75) is 83.6 Å². The topological polar surface area (TPSA) is 85.4 Å². The van der Waals surface area contributed by atoms with Crippen molar-refractivity contribution in [2.24, 2.45) is 5.41 Å². The third kappa shape index (κ3) is 6.54. The number of ether oxygens (including phenoxy) is 1. The van der Waals surface area contributed by atoms with Crippen LogP contribution in [0.3, 0.4) is 0 Å². The summed E-state index contributed by atoms with van der Waals surface area (Å²) in [5.74, 6) is 0.463. The molecule has 32 heavy (non-hydrogen) atoms. The van der Waals surface area contributed by atoms with E-state index in [4.69, 9.17) is 4.74 Å². The van der Waals surface area contributed by atoms with Gasteiger partial charge in [0.15, 0.2) is 9.84 Å². The number of nitrogens with one attached hydrogen (secondary N) is 1. The van der Waals surface area contributed by atoms with E-state index in [9.17, 15) is 13.2 Å². The third-order valence-electron chi connectivity index (χ3n) is 5.27. The summed E-state index contributed by atoms with van der Waals surface area (Å²) in [5.41, 5.74) is 0.623. The molecule has 1 saturated carbocycles. The van der Waals surface area contributed by atoms with Gasteiger partial charge in [0.25, 0.3) is 0 Å². The SMILES string of the molecule is CC(C)OC(=O)Nc1ccc(-c2cnc(C3CCCCC3)s2)c(S(=O)(=O)CC(C)(C)C)c1. The minimum Gasteiger partial charge on any atom is -0.447 e. The number of carbonyl (C=O) groups excluding carboxylic acids is 1. The number of anilines is 1. The van der Waals surface area contributed by atoms with Gasteiger partial charge in [-0.3, -0.25) is 5.32 Å². The number of hydrogen-bond acceptors (Lipinski definition) is 6. The number of sulfone groups is 1. The number of aromatic nitrogens is 1. The molecule has 0 aliphatic heterocycles. The molecule has 1 heterocycles. The van der Waals surface area contributed by atoms with Gasteiger partial charge in [0.1, 0.15) is 0 Å². The van der Waals surface area contributed by atoms with Crippen LogP contribution >= 0.6 is 11.3 Å². The molecule has 6 nitrogen and oxygen atoms in total. The molecular weight excluding hydrogens is 444 g/mol. The largest absolute Gasteiger partial charge is 0.447 e. The fourth-order valence-electron chi connectivity index (χ4n) is 4.02. The Morgan fingerprint density at radius 2 is 1.91 bits per heavy atom. The molecule has 1 N–H and O–H groups in total. The molecule has 8 heteroatoms. The molecule has 1 amide bonds. The maximum absolute atomic E-state index is 13.4. The fourth-order valence-corrected chi connectivity index (χ4v) is 7.33. The van der Waals surface area contributed by atoms with E-state index in [0.717, 1.165) is 22.7 Å². The number of rotatable bonds is 6. The Morgan fingerprint density at radius 1 is 1.22 bits per heavy atom. The first-order valence-corrected chi connectivity index (χ1v) is 13.7. The Hall–Kier alpha value is -1.93. The molecule has 0 radical (unpaired) electrons. The van der Waals surface area contributed by atoms with Crippen molar-refractivity contribution in [1.29, 1.82) is 0 Å². The van der Waals surface area contributed by atoms with E-state index in [1.807, 2.05) is 20.8 Å². The summed E-state index contributed by atoms with van der Waals surface area (Å²) in [4.78, 5) is 17.8. The fraction of sp³-hybridized carbons (Fsp3) is 0.583. The molecule has 0 saturated heterocycles. The zero-order valence-corrected chi connectivity index (χ0v) is 21.2. The van der Waals surface area contributed by atoms with Crippen LogP contribution in [0.1, 0.15) is 77.6 Å². The minimum absolute atomic E-state index is 0.00117. The molecule has 2 aromatic rings. The first-order chi connectivity index (χ1) is 14.9. The normalized spacial score (nSPS) is 15.7. The number of thiazole rings is 1. The summed E-state index contributed by atoms with van der Waals surface area (Å²) < 4.78 is 32.0. The highest BCUT2D eigenvalue weighted by atomic mass is 32.2. The molecule has 1 aliphatic rings. The van der Waals surface area contributed by atoms with Crippen molar-refractivity contribution in [3.05, 3.63) is 29.4 Å². The van der Waals surface area contributed by atoms with Gasteiger partial charge in [0.2, 0.25) is 0 Å². The Bertz CT molecular complexity index is 1050. The Balaban J connectivity index is 1.99. The van der Waals surface area contributed by atoms with E-state index < -0.39 is 21.3 Å². The van der Waals surface area contributed by atoms with Crippen LogP contribution in [0.25, 0.3) is 10.4 Å². The van der Waals surface area contributed by atoms with Crippen LogP contribution in [0.5, 0.6) is 0 Å². The quantitative estimate of drug-likeness (QED) is 0.503. The molecule has 0 unspecified atom stereocenters. The van der Waals surface area contributed by atoms with E-state index in [2.05, 4.69) is 10.3 Å². The van der Waals surface area contributed by atoms with Crippen LogP contribution in [0, 0.1) is 5.41 Å². The molecule has 0 bridgehead atoms. The average molecular weight is 479 g/mol. The highest BCUT2D eigenvalue weighted by molar-refractivity contribution is 7.91. The highest BCUT2D eigenvalue weighted by Gasteiger charge is 2.28. The Labute approximate surface area is 195 Å². The lowest BCUT2D eigenvalue weighted by atomic mass is 9.90. The Kier molecular flexibility index (Phi) is 7.65. The van der Waals surface area contributed by atoms with Gasteiger partial charge < -0.3 is 4.74 Å². The summed E-state index contributed by atoms with van der Waals surface area (Å²) in [6.45, 7) is 9.23. The number of nitrogens with zero attached hydrogens (tertiary/aromatic N) is 1. The molecule has 0 spiro atoms. The second-order valence-corrected chi connectivity index (χ2v) is 13.0. The Morgan fingerprint density at radius 3 is 2.53 bits per heavy atom. The molecule has 176 valence electrons. The molecule has 1 fully saturated rings. The van der Waals surface area contributed by atoms with Gasteiger partial charge in [-0.2, -0.15) is 0 Å². The maximum Gasteiger partial charge on any atom is 0.411 e. The number of benzene rings is 1. The monoisotopic (exact) mass is 478 g/mol. The first kappa shape index (κ1) is 24.7. The molecule has 1 aliphatic carbocycles. The molecule has 3 rings (SSSR count). The van der Waals surface area contributed by atoms with E-state index >= 15 is 0 Å². The number of amides is 1. The third-order valence-corrected chi connectivity index (χ3v) is 8.72. The lowest BCUT2D eigenvalue weighted by Crippen LogP contribution is -2.22. The first-order valence-electron chi connectivity index (χ1n) is 11.3. The molecule has 1 aromatic heterocycles. The lowest BCUT2D eigenvalue weighted by Gasteiger charge is -2.20. The van der Waals surface area contributed by atoms with Gasteiger partial charge >= 0.3 is 6.09 Å². The highest BCUT2D eigenvalue weighted by Crippen LogP contribution is 2.40. The van der Waals surface area contributed by atoms with Gasteiger partial charge in [-0.25, -0.2) is 18.2 Å². The van der Waals surface area contributed by atoms with Crippen LogP contribution < -0.4 is 5.32 Å². The smallest absolute Gasteiger partial charge is 0.411 e. The van der Waals surface area contributed by atoms with Crippen LogP contribution in [-0.4, -0.2) is 31.4 Å². The second kappa shape index (κ2) is 9.91. The van der Waals surface area contributed by atoms with E-state index in [1.54, 1.807) is 43.5 Å². The summed E-state index contributed by atoms with van der Waals surface area (Å²) in [5, 5.41) is 3.73. The van der Waals surface area contributed by atoms with Gasteiger partial charge in [-0.15, -0.1) is 11.3 Å². The van der Waals surface area contributed by atoms with Crippen molar-refractivity contribution >= 4 is 33.0 Å². The van der Waals surface area contributed by atoms with Gasteiger partial charge in [-0.1, -0.05) is 46.1 Å². The summed E-state index contributed by atoms with van der Waals surface area (Å²) >= 11 is 1.58. The molecular formula is C24H34N2O4S2. The van der Waals surface area contributed by atoms with Crippen molar-refractivity contribution < 1.29 is 17.9 Å². The molecule has 0 atom stereocenters. The van der Waals surface area contributed by atoms with Crippen LogP contribution in [0.2, 0.25) is 0 Å². The summed E-state index contributed by atoms with van der Waals surface area (Å²) in [6.07, 6.45) is 6.91. The standard InChI is InChI=1S/C24H34N2O4S2/c1-16(2)30-23(27)26-18-11-12-19(21(13-18)32(28,29)15-24(3,4)5)20-14-25-22(31-20)17-9-7-6-8-10-17/h11-14,16-17H,6-10,15H2,1-5H3,(H,26,27). The lowest BCUT2D eigenvalue weighted by molar-refractivity contribution is 0.130.